The lowest BCUT2D eigenvalue weighted by Crippen LogP contribution is -2.11. The Morgan fingerprint density at radius 1 is 1.69 bits per heavy atom. The summed E-state index contributed by atoms with van der Waals surface area (Å²) in [5, 5.41) is 0. The van der Waals surface area contributed by atoms with E-state index in [1.807, 2.05) is 16.7 Å². The molecule has 0 radical (unpaired) electrons. The second-order valence-corrected chi connectivity index (χ2v) is 3.32. The van der Waals surface area contributed by atoms with Gasteiger partial charge in [-0.3, -0.25) is 4.31 Å². The van der Waals surface area contributed by atoms with E-state index in [1.165, 1.54) is 19.2 Å². The molecule has 0 aromatic heterocycles. The van der Waals surface area contributed by atoms with Crippen LogP contribution < -0.4 is 4.72 Å². The van der Waals surface area contributed by atoms with E-state index < -0.39 is 0 Å². The van der Waals surface area contributed by atoms with Gasteiger partial charge in [-0.2, -0.15) is 0 Å². The van der Waals surface area contributed by atoms with Gasteiger partial charge in [0.2, 0.25) is 0 Å². The molecular weight excluding hydrogens is 188 g/mol. The van der Waals surface area contributed by atoms with Crippen LogP contribution in [0.25, 0.3) is 0 Å². The lowest BCUT2D eigenvalue weighted by Gasteiger charge is -2.15. The van der Waals surface area contributed by atoms with Gasteiger partial charge in [0.25, 0.3) is 0 Å². The Bertz CT molecular complexity index is 333. The molecule has 0 saturated carbocycles. The molecule has 2 heterocycles. The van der Waals surface area contributed by atoms with Crippen LogP contribution in [0.5, 0.6) is 0 Å². The van der Waals surface area contributed by atoms with Crippen LogP contribution in [-0.2, 0) is 9.53 Å². The molecule has 4 nitrogen and oxygen atoms in total. The predicted octanol–water partition coefficient (Wildman–Crippen LogP) is 0.923. The third kappa shape index (κ3) is 1.42. The van der Waals surface area contributed by atoms with E-state index in [-0.39, 0.29) is 5.97 Å². The minimum absolute atomic E-state index is 0.311. The lowest BCUT2D eigenvalue weighted by atomic mass is 10.2. The van der Waals surface area contributed by atoms with Crippen LogP contribution >= 0.6 is 12.1 Å². The lowest BCUT2D eigenvalue weighted by molar-refractivity contribution is -0.135. The van der Waals surface area contributed by atoms with Crippen molar-refractivity contribution >= 4 is 18.1 Å². The van der Waals surface area contributed by atoms with Gasteiger partial charge in [0, 0.05) is 12.4 Å². The monoisotopic (exact) mass is 196 g/mol. The normalized spacial score (nSPS) is 18.7. The average molecular weight is 196 g/mol. The quantitative estimate of drug-likeness (QED) is 0.499. The number of allylic oxidation sites excluding steroid dienone is 1. The molecule has 0 spiro atoms. The molecule has 0 atom stereocenters. The van der Waals surface area contributed by atoms with Crippen molar-refractivity contribution in [1.82, 2.24) is 9.03 Å². The predicted molar refractivity (Wildman–Crippen MR) is 49.9 cm³/mol. The molecule has 0 aromatic carbocycles. The maximum atomic E-state index is 11.1. The van der Waals surface area contributed by atoms with Gasteiger partial charge in [0.1, 0.15) is 0 Å². The fourth-order valence-electron chi connectivity index (χ4n) is 1.08. The molecule has 2 aliphatic rings. The first kappa shape index (κ1) is 8.25. The smallest absolute Gasteiger partial charge is 0.337 e. The second-order valence-electron chi connectivity index (χ2n) is 2.51. The van der Waals surface area contributed by atoms with Crippen molar-refractivity contribution in [2.24, 2.45) is 0 Å². The maximum Gasteiger partial charge on any atom is 0.337 e. The van der Waals surface area contributed by atoms with Crippen molar-refractivity contribution in [3.8, 4) is 0 Å². The van der Waals surface area contributed by atoms with Crippen LogP contribution in [0.4, 0.5) is 0 Å². The summed E-state index contributed by atoms with van der Waals surface area (Å²) in [6, 6.07) is 0. The zero-order valence-corrected chi connectivity index (χ0v) is 7.80. The Labute approximate surface area is 80.2 Å². The first-order chi connectivity index (χ1) is 6.31. The van der Waals surface area contributed by atoms with Crippen LogP contribution in [0.1, 0.15) is 0 Å². The number of rotatable bonds is 1. The molecule has 0 unspecified atom stereocenters. The van der Waals surface area contributed by atoms with Crippen LogP contribution in [-0.4, -0.2) is 17.4 Å². The zero-order valence-electron chi connectivity index (χ0n) is 6.98. The molecule has 0 bridgehead atoms. The van der Waals surface area contributed by atoms with E-state index in [0.717, 1.165) is 5.70 Å². The minimum Gasteiger partial charge on any atom is -0.465 e. The largest absolute Gasteiger partial charge is 0.465 e. The van der Waals surface area contributed by atoms with E-state index in [1.54, 1.807) is 12.2 Å². The number of nitrogens with one attached hydrogen (secondary N) is 1. The van der Waals surface area contributed by atoms with Crippen LogP contribution in [0.2, 0.25) is 0 Å². The number of hydrogen-bond acceptors (Lipinski definition) is 5. The van der Waals surface area contributed by atoms with Gasteiger partial charge >= 0.3 is 5.97 Å². The van der Waals surface area contributed by atoms with E-state index >= 15 is 0 Å². The van der Waals surface area contributed by atoms with Crippen molar-refractivity contribution in [2.45, 2.75) is 0 Å². The summed E-state index contributed by atoms with van der Waals surface area (Å²) in [4.78, 5) is 11.1. The van der Waals surface area contributed by atoms with Gasteiger partial charge in [0.15, 0.2) is 0 Å². The molecule has 0 saturated heterocycles. The summed E-state index contributed by atoms with van der Waals surface area (Å²) in [7, 11) is 1.37. The topological polar surface area (TPSA) is 41.6 Å². The van der Waals surface area contributed by atoms with Crippen molar-refractivity contribution in [3.63, 3.8) is 0 Å². The fourth-order valence-corrected chi connectivity index (χ4v) is 1.70. The number of methoxy groups -OCH3 is 1. The fraction of sp³-hybridized carbons (Fsp3) is 0.125. The van der Waals surface area contributed by atoms with E-state index in [9.17, 15) is 4.79 Å². The molecule has 0 amide bonds. The first-order valence-corrected chi connectivity index (χ1v) is 4.49. The number of esters is 1. The minimum atomic E-state index is -0.311. The van der Waals surface area contributed by atoms with E-state index in [0.29, 0.717) is 5.57 Å². The molecule has 2 aliphatic heterocycles. The molecular formula is C8H8N2O2S. The van der Waals surface area contributed by atoms with Crippen LogP contribution in [0, 0.1) is 0 Å². The average Bonchev–Trinajstić information content (AvgIpc) is 2.63. The van der Waals surface area contributed by atoms with Crippen molar-refractivity contribution in [1.29, 1.82) is 0 Å². The number of nitrogens with zero attached hydrogens (tertiary/aromatic N) is 1. The highest BCUT2D eigenvalue weighted by Gasteiger charge is 2.18. The van der Waals surface area contributed by atoms with E-state index in [2.05, 4.69) is 9.46 Å². The van der Waals surface area contributed by atoms with Crippen LogP contribution in [0.15, 0.2) is 35.8 Å². The Morgan fingerprint density at radius 2 is 2.54 bits per heavy atom. The van der Waals surface area contributed by atoms with Crippen LogP contribution in [0.3, 0.4) is 0 Å². The summed E-state index contributed by atoms with van der Waals surface area (Å²) in [6.45, 7) is 0. The molecule has 5 heteroatoms. The highest BCUT2D eigenvalue weighted by molar-refractivity contribution is 7.95. The van der Waals surface area contributed by atoms with Crippen molar-refractivity contribution < 1.29 is 9.53 Å². The number of carbonyl (C=O) groups is 1. The molecule has 68 valence electrons. The summed E-state index contributed by atoms with van der Waals surface area (Å²) >= 11 is 1.45. The second kappa shape index (κ2) is 3.18. The molecule has 2 rings (SSSR count). The summed E-state index contributed by atoms with van der Waals surface area (Å²) in [5.41, 5.74) is 1.52. The molecule has 0 aromatic rings. The van der Waals surface area contributed by atoms with Gasteiger partial charge in [-0.15, -0.1) is 0 Å². The summed E-state index contributed by atoms with van der Waals surface area (Å²) in [6.07, 6.45) is 7.15. The van der Waals surface area contributed by atoms with Crippen molar-refractivity contribution in [3.05, 3.63) is 35.8 Å². The Kier molecular flexibility index (Phi) is 2.02. The van der Waals surface area contributed by atoms with Gasteiger partial charge in [-0.05, 0) is 12.2 Å². The summed E-state index contributed by atoms with van der Waals surface area (Å²) < 4.78 is 9.50. The van der Waals surface area contributed by atoms with Gasteiger partial charge < -0.3 is 9.46 Å². The van der Waals surface area contributed by atoms with Gasteiger partial charge in [0.05, 0.1) is 30.5 Å². The third-order valence-corrected chi connectivity index (χ3v) is 2.48. The summed E-state index contributed by atoms with van der Waals surface area (Å²) in [5.74, 6) is -0.311. The van der Waals surface area contributed by atoms with Crippen molar-refractivity contribution in [2.75, 3.05) is 7.11 Å². The standard InChI is InChI=1S/C8H8N2O2S/c1-12-8(11)6-2-3-10-7(4-6)5-9-13-10/h2-5,9H,1H3. The molecule has 1 N–H and O–H groups in total. The molecule has 13 heavy (non-hydrogen) atoms. The number of fused-ring (bicyclic) bond motifs is 1. The highest BCUT2D eigenvalue weighted by Crippen LogP contribution is 2.27. The number of hydrogen-bond donors (Lipinski definition) is 1. The number of carbonyl (C=O) groups excluding carboxylic acids is 1. The number of ether oxygens (including phenoxy) is 1. The molecule has 0 aliphatic carbocycles. The maximum absolute atomic E-state index is 11.1. The Hall–Kier alpha value is -1.36. The van der Waals surface area contributed by atoms with Gasteiger partial charge in [-0.1, -0.05) is 0 Å². The zero-order chi connectivity index (χ0) is 9.26. The first-order valence-electron chi connectivity index (χ1n) is 3.71. The highest BCUT2D eigenvalue weighted by atomic mass is 32.2. The van der Waals surface area contributed by atoms with E-state index in [4.69, 9.17) is 0 Å². The Balaban J connectivity index is 2.24. The molecule has 0 fully saturated rings. The van der Waals surface area contributed by atoms with Gasteiger partial charge in [-0.25, -0.2) is 4.79 Å². The Morgan fingerprint density at radius 3 is 3.31 bits per heavy atom. The third-order valence-electron chi connectivity index (χ3n) is 1.73. The SMILES string of the molecule is COC(=O)C1=CC2=CNSN2C=C1.